The lowest BCUT2D eigenvalue weighted by molar-refractivity contribution is 0.320. The molecule has 1 rings (SSSR count). The molecule has 0 radical (unpaired) electrons. The zero-order valence-electron chi connectivity index (χ0n) is 9.22. The van der Waals surface area contributed by atoms with Crippen molar-refractivity contribution in [3.8, 4) is 5.88 Å². The number of nitrogens with zero attached hydrogens (tertiary/aromatic N) is 1. The summed E-state index contributed by atoms with van der Waals surface area (Å²) in [5, 5.41) is 3.19. The van der Waals surface area contributed by atoms with E-state index in [-0.39, 0.29) is 5.82 Å². The van der Waals surface area contributed by atoms with Crippen LogP contribution in [-0.2, 0) is 6.54 Å². The lowest BCUT2D eigenvalue weighted by Gasteiger charge is -2.09. The zero-order chi connectivity index (χ0) is 11.1. The van der Waals surface area contributed by atoms with Crippen molar-refractivity contribution in [2.24, 2.45) is 0 Å². The predicted octanol–water partition coefficient (Wildman–Crippen LogP) is 2.12. The molecular formula is C11H17FN2O. The van der Waals surface area contributed by atoms with Crippen LogP contribution in [0.5, 0.6) is 5.88 Å². The van der Waals surface area contributed by atoms with Gasteiger partial charge in [0.25, 0.3) is 0 Å². The van der Waals surface area contributed by atoms with Crippen LogP contribution in [0.15, 0.2) is 12.3 Å². The number of hydrogen-bond donors (Lipinski definition) is 1. The summed E-state index contributed by atoms with van der Waals surface area (Å²) in [5.74, 6) is 0.189. The van der Waals surface area contributed by atoms with Crippen LogP contribution in [0.2, 0.25) is 0 Å². The average Bonchev–Trinajstić information content (AvgIpc) is 2.22. The normalized spacial score (nSPS) is 10.3. The minimum absolute atomic E-state index is 0.327. The number of halogens is 1. The topological polar surface area (TPSA) is 34.2 Å². The second-order valence-corrected chi connectivity index (χ2v) is 3.23. The van der Waals surface area contributed by atoms with E-state index in [0.29, 0.717) is 19.0 Å². The van der Waals surface area contributed by atoms with Gasteiger partial charge in [0.1, 0.15) is 5.82 Å². The van der Waals surface area contributed by atoms with Crippen LogP contribution in [0, 0.1) is 5.82 Å². The van der Waals surface area contributed by atoms with Crippen molar-refractivity contribution in [3.63, 3.8) is 0 Å². The maximum Gasteiger partial charge on any atom is 0.218 e. The highest BCUT2D eigenvalue weighted by Crippen LogP contribution is 2.15. The molecule has 1 N–H and O–H groups in total. The Morgan fingerprint density at radius 3 is 2.93 bits per heavy atom. The molecule has 0 aliphatic carbocycles. The molecule has 0 spiro atoms. The van der Waals surface area contributed by atoms with Crippen LogP contribution in [0.4, 0.5) is 4.39 Å². The lowest BCUT2D eigenvalue weighted by atomic mass is 10.2. The first-order chi connectivity index (χ1) is 7.27. The van der Waals surface area contributed by atoms with Gasteiger partial charge in [-0.05, 0) is 26.0 Å². The van der Waals surface area contributed by atoms with Crippen molar-refractivity contribution >= 4 is 0 Å². The van der Waals surface area contributed by atoms with E-state index >= 15 is 0 Å². The SMILES string of the molecule is CCCNCc1cc(F)cnc1OCC. The van der Waals surface area contributed by atoms with Crippen molar-refractivity contribution in [2.45, 2.75) is 26.8 Å². The molecule has 0 saturated carbocycles. The van der Waals surface area contributed by atoms with Gasteiger partial charge in [-0.15, -0.1) is 0 Å². The average molecular weight is 212 g/mol. The summed E-state index contributed by atoms with van der Waals surface area (Å²) < 4.78 is 18.3. The maximum atomic E-state index is 13.0. The van der Waals surface area contributed by atoms with E-state index < -0.39 is 0 Å². The van der Waals surface area contributed by atoms with Gasteiger partial charge in [-0.1, -0.05) is 6.92 Å². The first-order valence-corrected chi connectivity index (χ1v) is 5.25. The third kappa shape index (κ3) is 3.83. The van der Waals surface area contributed by atoms with Crippen molar-refractivity contribution in [1.29, 1.82) is 0 Å². The van der Waals surface area contributed by atoms with Gasteiger partial charge in [0.2, 0.25) is 5.88 Å². The highest BCUT2D eigenvalue weighted by atomic mass is 19.1. The van der Waals surface area contributed by atoms with Crippen molar-refractivity contribution in [1.82, 2.24) is 10.3 Å². The van der Waals surface area contributed by atoms with E-state index in [9.17, 15) is 4.39 Å². The fraction of sp³-hybridized carbons (Fsp3) is 0.545. The first kappa shape index (κ1) is 11.9. The van der Waals surface area contributed by atoms with E-state index in [1.54, 1.807) is 0 Å². The van der Waals surface area contributed by atoms with Crippen LogP contribution in [0.25, 0.3) is 0 Å². The molecule has 1 heterocycles. The van der Waals surface area contributed by atoms with Crippen LogP contribution in [0.1, 0.15) is 25.8 Å². The van der Waals surface area contributed by atoms with E-state index in [4.69, 9.17) is 4.74 Å². The highest BCUT2D eigenvalue weighted by molar-refractivity contribution is 5.25. The van der Waals surface area contributed by atoms with Gasteiger partial charge in [-0.2, -0.15) is 0 Å². The lowest BCUT2D eigenvalue weighted by Crippen LogP contribution is -2.15. The Kier molecular flexibility index (Phi) is 5.04. The first-order valence-electron chi connectivity index (χ1n) is 5.25. The Bertz CT molecular complexity index is 305. The molecule has 84 valence electrons. The largest absolute Gasteiger partial charge is 0.478 e. The van der Waals surface area contributed by atoms with Crippen LogP contribution < -0.4 is 10.1 Å². The fourth-order valence-corrected chi connectivity index (χ4v) is 1.26. The van der Waals surface area contributed by atoms with Gasteiger partial charge in [0.05, 0.1) is 12.8 Å². The minimum Gasteiger partial charge on any atom is -0.478 e. The van der Waals surface area contributed by atoms with Gasteiger partial charge in [0, 0.05) is 12.1 Å². The number of aromatic nitrogens is 1. The van der Waals surface area contributed by atoms with Crippen LogP contribution in [0.3, 0.4) is 0 Å². The highest BCUT2D eigenvalue weighted by Gasteiger charge is 2.05. The van der Waals surface area contributed by atoms with Gasteiger partial charge < -0.3 is 10.1 Å². The molecule has 0 aromatic carbocycles. The Balaban J connectivity index is 2.68. The summed E-state index contributed by atoms with van der Waals surface area (Å²) in [7, 11) is 0. The standard InChI is InChI=1S/C11H17FN2O/c1-3-5-13-7-9-6-10(12)8-14-11(9)15-4-2/h6,8,13H,3-5,7H2,1-2H3. The molecule has 1 aromatic heterocycles. The summed E-state index contributed by atoms with van der Waals surface area (Å²) in [6, 6.07) is 1.46. The number of rotatable bonds is 6. The molecule has 0 aliphatic rings. The smallest absolute Gasteiger partial charge is 0.218 e. The van der Waals surface area contributed by atoms with Crippen LogP contribution >= 0.6 is 0 Å². The number of nitrogens with one attached hydrogen (secondary N) is 1. The summed E-state index contributed by atoms with van der Waals surface area (Å²) in [6.07, 6.45) is 2.22. The molecule has 0 atom stereocenters. The molecule has 0 bridgehead atoms. The van der Waals surface area contributed by atoms with Crippen molar-refractivity contribution in [2.75, 3.05) is 13.2 Å². The van der Waals surface area contributed by atoms with Gasteiger partial charge in [-0.25, -0.2) is 9.37 Å². The summed E-state index contributed by atoms with van der Waals surface area (Å²) >= 11 is 0. The Labute approximate surface area is 89.7 Å². The molecule has 0 unspecified atom stereocenters. The third-order valence-corrected chi connectivity index (χ3v) is 1.92. The van der Waals surface area contributed by atoms with Gasteiger partial charge in [-0.3, -0.25) is 0 Å². The Morgan fingerprint density at radius 1 is 1.47 bits per heavy atom. The monoisotopic (exact) mass is 212 g/mol. The molecule has 0 saturated heterocycles. The third-order valence-electron chi connectivity index (χ3n) is 1.92. The molecule has 0 amide bonds. The Hall–Kier alpha value is -1.16. The summed E-state index contributed by atoms with van der Waals surface area (Å²) in [5.41, 5.74) is 0.769. The second kappa shape index (κ2) is 6.35. The predicted molar refractivity (Wildman–Crippen MR) is 57.4 cm³/mol. The zero-order valence-corrected chi connectivity index (χ0v) is 9.22. The van der Waals surface area contributed by atoms with E-state index in [1.807, 2.05) is 6.92 Å². The summed E-state index contributed by atoms with van der Waals surface area (Å²) in [6.45, 7) is 6.00. The molecular weight excluding hydrogens is 195 g/mol. The van der Waals surface area contributed by atoms with E-state index in [1.165, 1.54) is 12.3 Å². The number of hydrogen-bond acceptors (Lipinski definition) is 3. The molecule has 0 fully saturated rings. The fourth-order valence-electron chi connectivity index (χ4n) is 1.26. The van der Waals surface area contributed by atoms with E-state index in [2.05, 4.69) is 17.2 Å². The molecule has 4 heteroatoms. The van der Waals surface area contributed by atoms with E-state index in [0.717, 1.165) is 18.5 Å². The summed E-state index contributed by atoms with van der Waals surface area (Å²) in [4.78, 5) is 3.91. The maximum absolute atomic E-state index is 13.0. The molecule has 15 heavy (non-hydrogen) atoms. The Morgan fingerprint density at radius 2 is 2.27 bits per heavy atom. The molecule has 1 aromatic rings. The van der Waals surface area contributed by atoms with Crippen molar-refractivity contribution < 1.29 is 9.13 Å². The number of pyridine rings is 1. The minimum atomic E-state index is -0.327. The number of ether oxygens (including phenoxy) is 1. The molecule has 0 aliphatic heterocycles. The second-order valence-electron chi connectivity index (χ2n) is 3.23. The van der Waals surface area contributed by atoms with Gasteiger partial charge >= 0.3 is 0 Å². The van der Waals surface area contributed by atoms with Crippen LogP contribution in [-0.4, -0.2) is 18.1 Å². The molecule has 3 nitrogen and oxygen atoms in total. The van der Waals surface area contributed by atoms with Crippen molar-refractivity contribution in [3.05, 3.63) is 23.6 Å². The quantitative estimate of drug-likeness (QED) is 0.733. The van der Waals surface area contributed by atoms with Gasteiger partial charge in [0.15, 0.2) is 0 Å².